The second kappa shape index (κ2) is 8.28. The Morgan fingerprint density at radius 1 is 1.29 bits per heavy atom. The Kier molecular flexibility index (Phi) is 5.85. The van der Waals surface area contributed by atoms with Gasteiger partial charge in [0.1, 0.15) is 0 Å². The third kappa shape index (κ3) is 4.07. The Morgan fingerprint density at radius 3 is 2.83 bits per heavy atom. The van der Waals surface area contributed by atoms with Gasteiger partial charge in [-0.05, 0) is 29.9 Å². The lowest BCUT2D eigenvalue weighted by molar-refractivity contribution is 1.07. The minimum atomic E-state index is 0.583. The quantitative estimate of drug-likeness (QED) is 0.516. The lowest BCUT2D eigenvalue weighted by Gasteiger charge is -2.06. The molecule has 1 aliphatic rings. The van der Waals surface area contributed by atoms with Gasteiger partial charge in [0, 0.05) is 71.7 Å². The van der Waals surface area contributed by atoms with Crippen LogP contribution in [-0.2, 0) is 0 Å². The predicted octanol–water partition coefficient (Wildman–Crippen LogP) is 2.30. The predicted molar refractivity (Wildman–Crippen MR) is 99.2 cm³/mol. The number of hydrogen-bond acceptors (Lipinski definition) is 6. The lowest BCUT2D eigenvalue weighted by atomic mass is 10.0. The highest BCUT2D eigenvalue weighted by molar-refractivity contribution is 6.09. The van der Waals surface area contributed by atoms with Crippen molar-refractivity contribution in [2.45, 2.75) is 6.42 Å². The molecule has 2 rings (SSSR count). The average molecular weight is 320 g/mol. The van der Waals surface area contributed by atoms with Gasteiger partial charge in [-0.15, -0.1) is 0 Å². The molecule has 122 valence electrons. The smallest absolute Gasteiger partial charge is 0.0347 e. The Balaban J connectivity index is 2.14. The summed E-state index contributed by atoms with van der Waals surface area (Å²) < 4.78 is 0. The molecule has 0 bridgehead atoms. The minimum absolute atomic E-state index is 0.583. The van der Waals surface area contributed by atoms with E-state index < -0.39 is 0 Å². The van der Waals surface area contributed by atoms with Crippen molar-refractivity contribution < 1.29 is 0 Å². The summed E-state index contributed by atoms with van der Waals surface area (Å²) in [5, 5.41) is 17.9. The molecule has 24 heavy (non-hydrogen) atoms. The van der Waals surface area contributed by atoms with E-state index in [1.165, 1.54) is 18.6 Å². The van der Waals surface area contributed by atoms with Crippen molar-refractivity contribution in [3.8, 4) is 0 Å². The largest absolute Gasteiger partial charge is 0.404 e. The Labute approximate surface area is 141 Å². The minimum Gasteiger partial charge on any atom is -0.404 e. The molecule has 7 N–H and O–H groups in total. The summed E-state index contributed by atoms with van der Waals surface area (Å²) in [7, 11) is 0. The number of hydrogen-bond donors (Lipinski definition) is 5. The first-order valence-electron chi connectivity index (χ1n) is 7.36. The molecule has 6 nitrogen and oxygen atoms in total. The molecule has 6 heteroatoms. The maximum atomic E-state index is 7.43. The van der Waals surface area contributed by atoms with Crippen molar-refractivity contribution in [2.75, 3.05) is 0 Å². The van der Waals surface area contributed by atoms with Crippen LogP contribution >= 0.6 is 0 Å². The van der Waals surface area contributed by atoms with Crippen LogP contribution in [0, 0.1) is 10.8 Å². The maximum absolute atomic E-state index is 7.43. The number of nitrogens with two attached hydrogens (primary N) is 2. The second-order valence-corrected chi connectivity index (χ2v) is 5.03. The molecule has 0 aromatic carbocycles. The molecule has 0 saturated heterocycles. The summed E-state index contributed by atoms with van der Waals surface area (Å²) in [6, 6.07) is 1.81. The van der Waals surface area contributed by atoms with Crippen LogP contribution in [0.5, 0.6) is 0 Å². The van der Waals surface area contributed by atoms with Crippen LogP contribution in [0.25, 0.3) is 11.6 Å². The summed E-state index contributed by atoms with van der Waals surface area (Å²) in [6.45, 7) is 0. The standard InChI is InChI=1S/C18H20N6/c19-9-13-1-2-16(3-4-18(13)22)24-8-5-14-12-23-7-6-17(14)15(10-20)11-21/h1-3,5-12,19-20,24H,4,21-22H2/b8-5+,15-11+,19-9?,20-10?. The Bertz CT molecular complexity index is 780. The van der Waals surface area contributed by atoms with Gasteiger partial charge < -0.3 is 27.6 Å². The molecule has 1 aliphatic carbocycles. The monoisotopic (exact) mass is 320 g/mol. The van der Waals surface area contributed by atoms with Crippen molar-refractivity contribution in [1.29, 1.82) is 10.8 Å². The third-order valence-corrected chi connectivity index (χ3v) is 3.52. The fourth-order valence-electron chi connectivity index (χ4n) is 2.19. The van der Waals surface area contributed by atoms with Crippen molar-refractivity contribution >= 4 is 24.1 Å². The van der Waals surface area contributed by atoms with E-state index in [4.69, 9.17) is 22.3 Å². The zero-order chi connectivity index (χ0) is 17.4. The van der Waals surface area contributed by atoms with Gasteiger partial charge in [-0.2, -0.15) is 0 Å². The molecule has 1 aromatic heterocycles. The zero-order valence-electron chi connectivity index (χ0n) is 13.2. The fraction of sp³-hybridized carbons (Fsp3) is 0.0556. The summed E-state index contributed by atoms with van der Waals surface area (Å²) >= 11 is 0. The highest BCUT2D eigenvalue weighted by Gasteiger charge is 2.04. The molecule has 1 heterocycles. The Hall–Kier alpha value is -3.41. The first kappa shape index (κ1) is 17.0. The van der Waals surface area contributed by atoms with E-state index in [1.54, 1.807) is 18.6 Å². The first-order valence-corrected chi connectivity index (χ1v) is 7.36. The first-order chi connectivity index (χ1) is 11.7. The molecule has 0 spiro atoms. The molecular weight excluding hydrogens is 300 g/mol. The highest BCUT2D eigenvalue weighted by atomic mass is 14.8. The Morgan fingerprint density at radius 2 is 2.12 bits per heavy atom. The fourth-order valence-corrected chi connectivity index (χ4v) is 2.19. The highest BCUT2D eigenvalue weighted by Crippen LogP contribution is 2.17. The van der Waals surface area contributed by atoms with E-state index in [9.17, 15) is 0 Å². The van der Waals surface area contributed by atoms with Gasteiger partial charge in [-0.1, -0.05) is 6.08 Å². The number of rotatable bonds is 6. The van der Waals surface area contributed by atoms with E-state index in [2.05, 4.69) is 10.3 Å². The lowest BCUT2D eigenvalue weighted by Crippen LogP contribution is -2.03. The van der Waals surface area contributed by atoms with Gasteiger partial charge in [-0.25, -0.2) is 0 Å². The van der Waals surface area contributed by atoms with Crippen LogP contribution in [0.2, 0.25) is 0 Å². The summed E-state index contributed by atoms with van der Waals surface area (Å²) in [5.74, 6) is 0. The number of nitrogens with one attached hydrogen (secondary N) is 3. The van der Waals surface area contributed by atoms with Crippen LogP contribution in [0.1, 0.15) is 17.5 Å². The second-order valence-electron chi connectivity index (χ2n) is 5.03. The van der Waals surface area contributed by atoms with E-state index in [-0.39, 0.29) is 0 Å². The van der Waals surface area contributed by atoms with Crippen molar-refractivity contribution in [3.63, 3.8) is 0 Å². The number of nitrogens with zero attached hydrogens (tertiary/aromatic N) is 1. The van der Waals surface area contributed by atoms with Gasteiger partial charge >= 0.3 is 0 Å². The topological polar surface area (TPSA) is 125 Å². The van der Waals surface area contributed by atoms with Crippen LogP contribution in [0.4, 0.5) is 0 Å². The number of pyridine rings is 1. The van der Waals surface area contributed by atoms with Gasteiger partial charge in [0.15, 0.2) is 0 Å². The number of allylic oxidation sites excluding steroid dienone is 5. The van der Waals surface area contributed by atoms with E-state index >= 15 is 0 Å². The van der Waals surface area contributed by atoms with Crippen molar-refractivity contribution in [2.24, 2.45) is 11.5 Å². The zero-order valence-corrected chi connectivity index (χ0v) is 13.2. The molecule has 0 atom stereocenters. The van der Waals surface area contributed by atoms with Crippen LogP contribution in [0.15, 0.2) is 66.1 Å². The average Bonchev–Trinajstić information content (AvgIpc) is 2.79. The van der Waals surface area contributed by atoms with Gasteiger partial charge in [-0.3, -0.25) is 4.98 Å². The van der Waals surface area contributed by atoms with E-state index in [0.717, 1.165) is 16.8 Å². The third-order valence-electron chi connectivity index (χ3n) is 3.52. The molecule has 0 aliphatic heterocycles. The van der Waals surface area contributed by atoms with E-state index in [1.807, 2.05) is 30.4 Å². The SMILES string of the molecule is N=CC1=C(N)CC=C(N/C=C/c2cnccc2/C(C=N)=C/N)C=C1. The molecule has 0 saturated carbocycles. The maximum Gasteiger partial charge on any atom is 0.0347 e. The van der Waals surface area contributed by atoms with Gasteiger partial charge in [0.2, 0.25) is 0 Å². The van der Waals surface area contributed by atoms with Crippen molar-refractivity contribution in [1.82, 2.24) is 10.3 Å². The molecule has 1 aromatic rings. The molecule has 0 unspecified atom stereocenters. The molecule has 0 amide bonds. The molecule has 0 fully saturated rings. The normalized spacial score (nSPS) is 15.2. The molecular formula is C18H20N6. The van der Waals surface area contributed by atoms with Crippen molar-refractivity contribution in [3.05, 3.63) is 77.2 Å². The van der Waals surface area contributed by atoms with Gasteiger partial charge in [0.05, 0.1) is 0 Å². The van der Waals surface area contributed by atoms with Crippen LogP contribution in [-0.4, -0.2) is 17.4 Å². The summed E-state index contributed by atoms with van der Waals surface area (Å²) in [6.07, 6.45) is 17.1. The summed E-state index contributed by atoms with van der Waals surface area (Å²) in [4.78, 5) is 4.11. The number of aromatic nitrogens is 1. The molecule has 0 radical (unpaired) electrons. The van der Waals surface area contributed by atoms with Crippen LogP contribution < -0.4 is 16.8 Å². The summed E-state index contributed by atoms with van der Waals surface area (Å²) in [5.41, 5.74) is 16.0. The van der Waals surface area contributed by atoms with Crippen LogP contribution in [0.3, 0.4) is 0 Å². The van der Waals surface area contributed by atoms with Gasteiger partial charge in [0.25, 0.3) is 0 Å². The van der Waals surface area contributed by atoms with E-state index in [0.29, 0.717) is 23.3 Å².